The minimum Gasteiger partial charge on any atom is -0.481 e. The van der Waals surface area contributed by atoms with Crippen LogP contribution in [0.2, 0.25) is 0 Å². The molecule has 2 N–H and O–H groups in total. The molecule has 0 aromatic rings. The lowest BCUT2D eigenvalue weighted by atomic mass is 10.2. The maximum Gasteiger partial charge on any atom is 0.317 e. The Morgan fingerprint density at radius 1 is 1.28 bits per heavy atom. The minimum absolute atomic E-state index is 0.161. The molecular weight excluding hydrogens is 232 g/mol. The normalized spacial score (nSPS) is 13.8. The second-order valence-electron chi connectivity index (χ2n) is 4.73. The average molecular weight is 258 g/mol. The summed E-state index contributed by atoms with van der Waals surface area (Å²) in [7, 11) is 0. The van der Waals surface area contributed by atoms with Gasteiger partial charge in [0.1, 0.15) is 0 Å². The lowest BCUT2D eigenvalue weighted by molar-refractivity contribution is -0.140. The van der Waals surface area contributed by atoms with Crippen LogP contribution in [0.4, 0.5) is 4.79 Å². The predicted molar refractivity (Wildman–Crippen MR) is 71.6 cm³/mol. The molecule has 0 aromatic carbocycles. The Morgan fingerprint density at radius 2 is 1.89 bits per heavy atom. The number of carbonyl (C=O) groups excluding carboxylic acids is 1. The summed E-state index contributed by atoms with van der Waals surface area (Å²) in [5.74, 6) is -1.45. The van der Waals surface area contributed by atoms with Gasteiger partial charge in [-0.1, -0.05) is 27.2 Å². The van der Waals surface area contributed by atoms with Crippen molar-refractivity contribution < 1.29 is 14.7 Å². The summed E-state index contributed by atoms with van der Waals surface area (Å²) in [6.45, 7) is 8.61. The van der Waals surface area contributed by atoms with Crippen LogP contribution in [0, 0.1) is 5.92 Å². The summed E-state index contributed by atoms with van der Waals surface area (Å²) in [4.78, 5) is 24.5. The third-order valence-electron chi connectivity index (χ3n) is 3.12. The largest absolute Gasteiger partial charge is 0.481 e. The van der Waals surface area contributed by atoms with E-state index in [1.54, 1.807) is 11.8 Å². The third-order valence-corrected chi connectivity index (χ3v) is 3.12. The van der Waals surface area contributed by atoms with E-state index in [9.17, 15) is 9.59 Å². The number of aliphatic carboxylic acids is 1. The SMILES string of the molecule is CCCCN(C(=O)NCC(C)C(=O)O)C(C)CC. The Balaban J connectivity index is 4.32. The highest BCUT2D eigenvalue weighted by molar-refractivity contribution is 5.76. The van der Waals surface area contributed by atoms with E-state index in [1.165, 1.54) is 0 Å². The topological polar surface area (TPSA) is 69.6 Å². The molecule has 0 aliphatic rings. The summed E-state index contributed by atoms with van der Waals surface area (Å²) < 4.78 is 0. The average Bonchev–Trinajstić information content (AvgIpc) is 2.35. The number of nitrogens with one attached hydrogen (secondary N) is 1. The van der Waals surface area contributed by atoms with Gasteiger partial charge >= 0.3 is 12.0 Å². The maximum absolute atomic E-state index is 12.0. The number of carboxylic acid groups (broad SMARTS) is 1. The Kier molecular flexibility index (Phi) is 8.16. The zero-order chi connectivity index (χ0) is 14.1. The number of nitrogens with zero attached hydrogens (tertiary/aromatic N) is 1. The molecule has 5 heteroatoms. The van der Waals surface area contributed by atoms with Crippen LogP contribution < -0.4 is 5.32 Å². The predicted octanol–water partition coefficient (Wildman–Crippen LogP) is 2.32. The number of carboxylic acids is 1. The molecule has 0 heterocycles. The number of carbonyl (C=O) groups is 2. The van der Waals surface area contributed by atoms with Gasteiger partial charge in [0.15, 0.2) is 0 Å². The first-order chi connectivity index (χ1) is 8.43. The maximum atomic E-state index is 12.0. The molecule has 0 aliphatic heterocycles. The summed E-state index contributed by atoms with van der Waals surface area (Å²) in [5, 5.41) is 11.5. The van der Waals surface area contributed by atoms with Gasteiger partial charge in [-0.25, -0.2) is 4.79 Å². The lowest BCUT2D eigenvalue weighted by Crippen LogP contribution is -2.46. The molecule has 0 fully saturated rings. The highest BCUT2D eigenvalue weighted by atomic mass is 16.4. The number of rotatable bonds is 8. The fourth-order valence-electron chi connectivity index (χ4n) is 1.50. The van der Waals surface area contributed by atoms with Crippen LogP contribution in [0.5, 0.6) is 0 Å². The van der Waals surface area contributed by atoms with E-state index in [-0.39, 0.29) is 18.6 Å². The summed E-state index contributed by atoms with van der Waals surface area (Å²) in [5.41, 5.74) is 0. The van der Waals surface area contributed by atoms with E-state index >= 15 is 0 Å². The van der Waals surface area contributed by atoms with E-state index in [0.29, 0.717) is 0 Å². The fourth-order valence-corrected chi connectivity index (χ4v) is 1.50. The standard InChI is InChI=1S/C13H26N2O3/c1-5-7-8-15(11(4)6-2)13(18)14-9-10(3)12(16)17/h10-11H,5-9H2,1-4H3,(H,14,18)(H,16,17). The summed E-state index contributed by atoms with van der Waals surface area (Å²) >= 11 is 0. The van der Waals surface area contributed by atoms with E-state index in [0.717, 1.165) is 25.8 Å². The monoisotopic (exact) mass is 258 g/mol. The Labute approximate surface area is 110 Å². The van der Waals surface area contributed by atoms with Gasteiger partial charge in [0.25, 0.3) is 0 Å². The van der Waals surface area contributed by atoms with Crippen molar-refractivity contribution in [3.05, 3.63) is 0 Å². The van der Waals surface area contributed by atoms with Crippen LogP contribution in [0.25, 0.3) is 0 Å². The van der Waals surface area contributed by atoms with Gasteiger partial charge in [0, 0.05) is 19.1 Å². The van der Waals surface area contributed by atoms with Crippen LogP contribution in [-0.4, -0.2) is 41.1 Å². The van der Waals surface area contributed by atoms with Crippen molar-refractivity contribution in [3.8, 4) is 0 Å². The van der Waals surface area contributed by atoms with E-state index in [4.69, 9.17) is 5.11 Å². The van der Waals surface area contributed by atoms with Crippen LogP contribution in [0.3, 0.4) is 0 Å². The second-order valence-corrected chi connectivity index (χ2v) is 4.73. The van der Waals surface area contributed by atoms with Crippen molar-refractivity contribution in [1.29, 1.82) is 0 Å². The smallest absolute Gasteiger partial charge is 0.317 e. The first kappa shape index (κ1) is 16.7. The van der Waals surface area contributed by atoms with Crippen LogP contribution in [-0.2, 0) is 4.79 Å². The number of hydrogen-bond acceptors (Lipinski definition) is 2. The third kappa shape index (κ3) is 5.89. The van der Waals surface area contributed by atoms with Crippen molar-refractivity contribution in [1.82, 2.24) is 10.2 Å². The van der Waals surface area contributed by atoms with Crippen molar-refractivity contribution in [2.75, 3.05) is 13.1 Å². The molecule has 5 nitrogen and oxygen atoms in total. The molecule has 0 rings (SSSR count). The first-order valence-electron chi connectivity index (χ1n) is 6.71. The minimum atomic E-state index is -0.890. The molecular formula is C13H26N2O3. The van der Waals surface area contributed by atoms with Gasteiger partial charge in [-0.2, -0.15) is 0 Å². The molecule has 0 radical (unpaired) electrons. The molecule has 0 bridgehead atoms. The van der Waals surface area contributed by atoms with Gasteiger partial charge in [0.05, 0.1) is 5.92 Å². The quantitative estimate of drug-likeness (QED) is 0.702. The molecule has 0 saturated carbocycles. The molecule has 106 valence electrons. The van der Waals surface area contributed by atoms with Gasteiger partial charge in [-0.05, 0) is 19.8 Å². The zero-order valence-electron chi connectivity index (χ0n) is 11.9. The molecule has 2 amide bonds. The second kappa shape index (κ2) is 8.78. The molecule has 2 atom stereocenters. The lowest BCUT2D eigenvalue weighted by Gasteiger charge is -2.29. The Morgan fingerprint density at radius 3 is 2.33 bits per heavy atom. The van der Waals surface area contributed by atoms with Crippen molar-refractivity contribution in [2.45, 2.75) is 53.0 Å². The molecule has 18 heavy (non-hydrogen) atoms. The number of unbranched alkanes of at least 4 members (excludes halogenated alkanes) is 1. The first-order valence-corrected chi connectivity index (χ1v) is 6.71. The van der Waals surface area contributed by atoms with Gasteiger partial charge in [0.2, 0.25) is 0 Å². The van der Waals surface area contributed by atoms with E-state index < -0.39 is 11.9 Å². The van der Waals surface area contributed by atoms with E-state index in [2.05, 4.69) is 12.2 Å². The van der Waals surface area contributed by atoms with E-state index in [1.807, 2.05) is 13.8 Å². The molecule has 0 aromatic heterocycles. The zero-order valence-corrected chi connectivity index (χ0v) is 11.9. The fraction of sp³-hybridized carbons (Fsp3) is 0.846. The molecule has 0 aliphatic carbocycles. The van der Waals surface area contributed by atoms with Crippen molar-refractivity contribution in [2.24, 2.45) is 5.92 Å². The highest BCUT2D eigenvalue weighted by Gasteiger charge is 2.19. The van der Waals surface area contributed by atoms with Crippen LogP contribution >= 0.6 is 0 Å². The number of hydrogen-bond donors (Lipinski definition) is 2. The summed E-state index contributed by atoms with van der Waals surface area (Å²) in [6.07, 6.45) is 2.89. The van der Waals surface area contributed by atoms with Crippen molar-refractivity contribution in [3.63, 3.8) is 0 Å². The molecule has 0 saturated heterocycles. The Bertz CT molecular complexity index is 269. The molecule has 2 unspecified atom stereocenters. The van der Waals surface area contributed by atoms with Gasteiger partial charge in [-0.3, -0.25) is 4.79 Å². The van der Waals surface area contributed by atoms with Crippen LogP contribution in [0.1, 0.15) is 47.0 Å². The number of urea groups is 1. The number of amides is 2. The van der Waals surface area contributed by atoms with Crippen molar-refractivity contribution >= 4 is 12.0 Å². The van der Waals surface area contributed by atoms with Gasteiger partial charge < -0.3 is 15.3 Å². The summed E-state index contributed by atoms with van der Waals surface area (Å²) in [6, 6.07) is 0.0163. The Hall–Kier alpha value is -1.26. The molecule has 0 spiro atoms. The highest BCUT2D eigenvalue weighted by Crippen LogP contribution is 2.06. The van der Waals surface area contributed by atoms with Crippen LogP contribution in [0.15, 0.2) is 0 Å². The van der Waals surface area contributed by atoms with Gasteiger partial charge in [-0.15, -0.1) is 0 Å².